The van der Waals surface area contributed by atoms with Crippen molar-refractivity contribution < 1.29 is 9.47 Å². The molecule has 0 aromatic heterocycles. The molecule has 0 unspecified atom stereocenters. The Bertz CT molecular complexity index is 345. The fourth-order valence-electron chi connectivity index (χ4n) is 1.59. The number of hydrogen-bond donors (Lipinski definition) is 1. The van der Waals surface area contributed by atoms with E-state index in [1.807, 2.05) is 23.9 Å². The van der Waals surface area contributed by atoms with Crippen molar-refractivity contribution in [3.63, 3.8) is 0 Å². The highest BCUT2D eigenvalue weighted by molar-refractivity contribution is 7.98. The highest BCUT2D eigenvalue weighted by atomic mass is 32.2. The first-order valence-electron chi connectivity index (χ1n) is 6.31. The Hall–Kier alpha value is -0.870. The zero-order valence-electron chi connectivity index (χ0n) is 11.5. The van der Waals surface area contributed by atoms with Gasteiger partial charge in [0.05, 0.1) is 13.7 Å². The van der Waals surface area contributed by atoms with E-state index < -0.39 is 0 Å². The van der Waals surface area contributed by atoms with E-state index in [0.29, 0.717) is 0 Å². The summed E-state index contributed by atoms with van der Waals surface area (Å²) in [6.07, 6.45) is 3.18. The number of methoxy groups -OCH3 is 1. The molecule has 3 nitrogen and oxygen atoms in total. The Morgan fingerprint density at radius 3 is 2.83 bits per heavy atom. The van der Waals surface area contributed by atoms with Gasteiger partial charge in [0, 0.05) is 18.2 Å². The van der Waals surface area contributed by atoms with Crippen LogP contribution in [0.25, 0.3) is 0 Å². The lowest BCUT2D eigenvalue weighted by molar-refractivity contribution is 0.312. The molecule has 1 aromatic carbocycles. The molecule has 1 aromatic rings. The first-order valence-corrected chi connectivity index (χ1v) is 7.70. The lowest BCUT2D eigenvalue weighted by atomic mass is 10.2. The molecule has 18 heavy (non-hydrogen) atoms. The molecule has 0 fully saturated rings. The quantitative estimate of drug-likeness (QED) is 0.698. The van der Waals surface area contributed by atoms with Gasteiger partial charge in [-0.1, -0.05) is 13.0 Å². The van der Waals surface area contributed by atoms with Gasteiger partial charge in [-0.25, -0.2) is 0 Å². The molecule has 0 spiro atoms. The number of nitrogens with one attached hydrogen (secondary N) is 1. The zero-order chi connectivity index (χ0) is 13.2. The normalized spacial score (nSPS) is 10.4. The summed E-state index contributed by atoms with van der Waals surface area (Å²) >= 11 is 1.85. The first kappa shape index (κ1) is 15.2. The maximum absolute atomic E-state index is 5.85. The van der Waals surface area contributed by atoms with Gasteiger partial charge in [-0.2, -0.15) is 11.8 Å². The van der Waals surface area contributed by atoms with Crippen molar-refractivity contribution >= 4 is 11.8 Å². The molecule has 0 aliphatic carbocycles. The summed E-state index contributed by atoms with van der Waals surface area (Å²) in [6, 6.07) is 6.00. The van der Waals surface area contributed by atoms with Crippen LogP contribution in [-0.4, -0.2) is 32.3 Å². The van der Waals surface area contributed by atoms with E-state index in [1.54, 1.807) is 7.11 Å². The molecule has 1 rings (SSSR count). The highest BCUT2D eigenvalue weighted by Gasteiger charge is 2.05. The van der Waals surface area contributed by atoms with E-state index in [-0.39, 0.29) is 0 Å². The summed E-state index contributed by atoms with van der Waals surface area (Å²) in [5, 5.41) is 3.32. The molecule has 0 atom stereocenters. The second-order valence-corrected chi connectivity index (χ2v) is 4.93. The molecular formula is C14H23NO2S. The van der Waals surface area contributed by atoms with Crippen LogP contribution in [-0.2, 0) is 6.54 Å². The number of rotatable bonds is 9. The van der Waals surface area contributed by atoms with E-state index in [4.69, 9.17) is 9.47 Å². The van der Waals surface area contributed by atoms with Gasteiger partial charge >= 0.3 is 0 Å². The average Bonchev–Trinajstić information content (AvgIpc) is 2.42. The van der Waals surface area contributed by atoms with Crippen LogP contribution < -0.4 is 14.8 Å². The third kappa shape index (κ3) is 5.19. The van der Waals surface area contributed by atoms with Crippen molar-refractivity contribution in [3.05, 3.63) is 23.8 Å². The van der Waals surface area contributed by atoms with Crippen molar-refractivity contribution in [3.8, 4) is 11.5 Å². The minimum Gasteiger partial charge on any atom is -0.497 e. The van der Waals surface area contributed by atoms with Gasteiger partial charge in [-0.05, 0) is 31.0 Å². The number of ether oxygens (including phenoxy) is 2. The molecule has 0 radical (unpaired) electrons. The fraction of sp³-hybridized carbons (Fsp3) is 0.571. The molecule has 4 heteroatoms. The molecular weight excluding hydrogens is 246 g/mol. The lowest BCUT2D eigenvalue weighted by Gasteiger charge is -2.13. The Labute approximate surface area is 114 Å². The molecule has 1 N–H and O–H groups in total. The molecule has 0 saturated heterocycles. The summed E-state index contributed by atoms with van der Waals surface area (Å²) in [5.74, 6) is 2.90. The minimum atomic E-state index is 0.757. The van der Waals surface area contributed by atoms with Crippen LogP contribution in [0.2, 0.25) is 0 Å². The number of benzene rings is 1. The smallest absolute Gasteiger partial charge is 0.127 e. The largest absolute Gasteiger partial charge is 0.497 e. The molecule has 0 saturated carbocycles. The maximum Gasteiger partial charge on any atom is 0.127 e. The first-order chi connectivity index (χ1) is 8.81. The standard InChI is InChI=1S/C14H23NO2S/c1-4-15-11-12-6-7-13(16-2)10-14(12)17-8-5-9-18-3/h6-7,10,15H,4-5,8-9,11H2,1-3H3. The Morgan fingerprint density at radius 2 is 2.17 bits per heavy atom. The number of hydrogen-bond acceptors (Lipinski definition) is 4. The van der Waals surface area contributed by atoms with Crippen LogP contribution in [0.1, 0.15) is 18.9 Å². The van der Waals surface area contributed by atoms with Gasteiger partial charge in [-0.15, -0.1) is 0 Å². The van der Waals surface area contributed by atoms with Crippen molar-refractivity contribution in [2.75, 3.05) is 32.3 Å². The van der Waals surface area contributed by atoms with E-state index in [9.17, 15) is 0 Å². The predicted octanol–water partition coefficient (Wildman–Crippen LogP) is 2.94. The monoisotopic (exact) mass is 269 g/mol. The summed E-state index contributed by atoms with van der Waals surface area (Å²) in [6.45, 7) is 4.64. The Balaban J connectivity index is 2.63. The Kier molecular flexibility index (Phi) is 7.69. The maximum atomic E-state index is 5.85. The molecule has 0 amide bonds. The van der Waals surface area contributed by atoms with E-state index >= 15 is 0 Å². The predicted molar refractivity (Wildman–Crippen MR) is 78.9 cm³/mol. The summed E-state index contributed by atoms with van der Waals surface area (Å²) in [5.41, 5.74) is 1.18. The lowest BCUT2D eigenvalue weighted by Crippen LogP contribution is -2.13. The summed E-state index contributed by atoms with van der Waals surface area (Å²) < 4.78 is 11.1. The van der Waals surface area contributed by atoms with Gasteiger partial charge in [0.1, 0.15) is 11.5 Å². The molecule has 102 valence electrons. The molecule has 0 aliphatic rings. The van der Waals surface area contributed by atoms with Gasteiger partial charge in [0.15, 0.2) is 0 Å². The topological polar surface area (TPSA) is 30.5 Å². The van der Waals surface area contributed by atoms with E-state index in [1.165, 1.54) is 5.56 Å². The third-order valence-electron chi connectivity index (χ3n) is 2.59. The van der Waals surface area contributed by atoms with Crippen LogP contribution in [0.5, 0.6) is 11.5 Å². The molecule has 0 bridgehead atoms. The van der Waals surface area contributed by atoms with Crippen LogP contribution in [0.3, 0.4) is 0 Å². The molecule has 0 aliphatic heterocycles. The van der Waals surface area contributed by atoms with E-state index in [0.717, 1.165) is 43.4 Å². The van der Waals surface area contributed by atoms with Crippen LogP contribution >= 0.6 is 11.8 Å². The molecule has 0 heterocycles. The second kappa shape index (κ2) is 9.11. The number of thioether (sulfide) groups is 1. The van der Waals surface area contributed by atoms with Crippen molar-refractivity contribution in [1.29, 1.82) is 0 Å². The van der Waals surface area contributed by atoms with Gasteiger partial charge in [0.2, 0.25) is 0 Å². The van der Waals surface area contributed by atoms with Crippen molar-refractivity contribution in [2.45, 2.75) is 19.9 Å². The second-order valence-electron chi connectivity index (χ2n) is 3.95. The summed E-state index contributed by atoms with van der Waals surface area (Å²) in [7, 11) is 1.68. The van der Waals surface area contributed by atoms with Gasteiger partial charge in [-0.3, -0.25) is 0 Å². The zero-order valence-corrected chi connectivity index (χ0v) is 12.3. The summed E-state index contributed by atoms with van der Waals surface area (Å²) in [4.78, 5) is 0. The minimum absolute atomic E-state index is 0.757. The average molecular weight is 269 g/mol. The van der Waals surface area contributed by atoms with Gasteiger partial charge in [0.25, 0.3) is 0 Å². The third-order valence-corrected chi connectivity index (χ3v) is 3.29. The van der Waals surface area contributed by atoms with E-state index in [2.05, 4.69) is 24.6 Å². The van der Waals surface area contributed by atoms with Crippen LogP contribution in [0, 0.1) is 0 Å². The SMILES string of the molecule is CCNCc1ccc(OC)cc1OCCCSC. The fourth-order valence-corrected chi connectivity index (χ4v) is 1.99. The Morgan fingerprint density at radius 1 is 1.33 bits per heavy atom. The van der Waals surface area contributed by atoms with Gasteiger partial charge < -0.3 is 14.8 Å². The van der Waals surface area contributed by atoms with Crippen molar-refractivity contribution in [2.24, 2.45) is 0 Å². The van der Waals surface area contributed by atoms with Crippen molar-refractivity contribution in [1.82, 2.24) is 5.32 Å². The highest BCUT2D eigenvalue weighted by Crippen LogP contribution is 2.25. The van der Waals surface area contributed by atoms with Crippen LogP contribution in [0.4, 0.5) is 0 Å². The van der Waals surface area contributed by atoms with Crippen LogP contribution in [0.15, 0.2) is 18.2 Å².